The summed E-state index contributed by atoms with van der Waals surface area (Å²) in [5.41, 5.74) is 1.92. The number of nitrogens with one attached hydrogen (secondary N) is 2. The highest BCUT2D eigenvalue weighted by Gasteiger charge is 2.08. The number of methoxy groups -OCH3 is 1. The zero-order valence-corrected chi connectivity index (χ0v) is 17.4. The summed E-state index contributed by atoms with van der Waals surface area (Å²) in [6.07, 6.45) is 0.220. The maximum atomic E-state index is 5.74. The van der Waals surface area contributed by atoms with E-state index >= 15 is 0 Å². The van der Waals surface area contributed by atoms with Gasteiger partial charge in [0.15, 0.2) is 16.6 Å². The Labute approximate surface area is 167 Å². The third-order valence-electron chi connectivity index (χ3n) is 3.51. The molecule has 0 aliphatic rings. The predicted octanol–water partition coefficient (Wildman–Crippen LogP) is 4.76. The summed E-state index contributed by atoms with van der Waals surface area (Å²) in [4.78, 5) is 0. The fourth-order valence-corrected chi connectivity index (χ4v) is 2.64. The van der Waals surface area contributed by atoms with Gasteiger partial charge in [-0.1, -0.05) is 12.1 Å². The molecule has 0 saturated carbocycles. The van der Waals surface area contributed by atoms with Gasteiger partial charge in [0.1, 0.15) is 5.75 Å². The molecule has 0 saturated heterocycles. The highest BCUT2D eigenvalue weighted by molar-refractivity contribution is 7.80. The molecule has 6 heteroatoms. The lowest BCUT2D eigenvalue weighted by Crippen LogP contribution is -2.27. The molecule has 0 radical (unpaired) electrons. The van der Waals surface area contributed by atoms with E-state index in [1.54, 1.807) is 7.11 Å². The third-order valence-corrected chi connectivity index (χ3v) is 3.75. The van der Waals surface area contributed by atoms with E-state index < -0.39 is 0 Å². The van der Waals surface area contributed by atoms with Crippen molar-refractivity contribution in [2.75, 3.05) is 12.4 Å². The molecule has 2 aromatic rings. The van der Waals surface area contributed by atoms with E-state index in [1.807, 2.05) is 70.2 Å². The Morgan fingerprint density at radius 1 is 0.963 bits per heavy atom. The molecule has 27 heavy (non-hydrogen) atoms. The second-order valence-electron chi connectivity index (χ2n) is 6.65. The maximum Gasteiger partial charge on any atom is 0.171 e. The second-order valence-corrected chi connectivity index (χ2v) is 7.06. The molecule has 0 spiro atoms. The Morgan fingerprint density at radius 3 is 2.37 bits per heavy atom. The van der Waals surface area contributed by atoms with Crippen molar-refractivity contribution < 1.29 is 14.2 Å². The van der Waals surface area contributed by atoms with Crippen LogP contribution in [0.4, 0.5) is 5.69 Å². The molecule has 0 fully saturated rings. The first kappa shape index (κ1) is 20.8. The molecule has 0 amide bonds. The quantitative estimate of drug-likeness (QED) is 0.636. The van der Waals surface area contributed by atoms with Crippen molar-refractivity contribution in [3.8, 4) is 17.2 Å². The molecule has 0 aromatic heterocycles. The predicted molar refractivity (Wildman–Crippen MR) is 114 cm³/mol. The summed E-state index contributed by atoms with van der Waals surface area (Å²) < 4.78 is 16.9. The zero-order valence-electron chi connectivity index (χ0n) is 16.5. The monoisotopic (exact) mass is 388 g/mol. The number of rotatable bonds is 8. The van der Waals surface area contributed by atoms with E-state index in [4.69, 9.17) is 26.4 Å². The van der Waals surface area contributed by atoms with Gasteiger partial charge in [-0.3, -0.25) is 0 Å². The van der Waals surface area contributed by atoms with Crippen LogP contribution in [-0.4, -0.2) is 24.4 Å². The van der Waals surface area contributed by atoms with E-state index in [-0.39, 0.29) is 12.2 Å². The lowest BCUT2D eigenvalue weighted by molar-refractivity contribution is 0.230. The Balaban J connectivity index is 1.93. The SMILES string of the molecule is COc1cc(CNC(=S)Nc2cccc(OC(C)C)c2)ccc1OC(C)C. The van der Waals surface area contributed by atoms with E-state index in [1.165, 1.54) is 0 Å². The average Bonchev–Trinajstić information content (AvgIpc) is 2.60. The molecule has 0 aliphatic carbocycles. The fraction of sp³-hybridized carbons (Fsp3) is 0.381. The summed E-state index contributed by atoms with van der Waals surface area (Å²) >= 11 is 5.39. The first-order chi connectivity index (χ1) is 12.9. The van der Waals surface area contributed by atoms with Crippen molar-refractivity contribution in [3.63, 3.8) is 0 Å². The molecule has 0 aliphatic heterocycles. The van der Waals surface area contributed by atoms with Gasteiger partial charge in [-0.25, -0.2) is 0 Å². The molecule has 0 bridgehead atoms. The number of anilines is 1. The average molecular weight is 389 g/mol. The minimum atomic E-state index is 0.0927. The van der Waals surface area contributed by atoms with Gasteiger partial charge >= 0.3 is 0 Å². The molecule has 2 aromatic carbocycles. The van der Waals surface area contributed by atoms with Crippen LogP contribution < -0.4 is 24.8 Å². The smallest absolute Gasteiger partial charge is 0.171 e. The number of ether oxygens (including phenoxy) is 3. The summed E-state index contributed by atoms with van der Waals surface area (Å²) in [7, 11) is 1.64. The first-order valence-corrected chi connectivity index (χ1v) is 9.43. The van der Waals surface area contributed by atoms with Crippen LogP contribution in [0.15, 0.2) is 42.5 Å². The number of benzene rings is 2. The number of thiocarbonyl (C=S) groups is 1. The second kappa shape index (κ2) is 10.0. The molecule has 146 valence electrons. The third kappa shape index (κ3) is 6.98. The van der Waals surface area contributed by atoms with Gasteiger partial charge < -0.3 is 24.8 Å². The van der Waals surface area contributed by atoms with Crippen LogP contribution in [0.3, 0.4) is 0 Å². The summed E-state index contributed by atoms with van der Waals surface area (Å²) in [6, 6.07) is 13.6. The van der Waals surface area contributed by atoms with Crippen LogP contribution >= 0.6 is 12.2 Å². The maximum absolute atomic E-state index is 5.74. The molecule has 2 rings (SSSR count). The van der Waals surface area contributed by atoms with Crippen molar-refractivity contribution in [1.82, 2.24) is 5.32 Å². The highest BCUT2D eigenvalue weighted by Crippen LogP contribution is 2.29. The molecule has 5 nitrogen and oxygen atoms in total. The standard InChI is InChI=1S/C21H28N2O3S/c1-14(2)25-18-8-6-7-17(12-18)23-21(27)22-13-16-9-10-19(26-15(3)4)20(11-16)24-5/h6-12,14-15H,13H2,1-5H3,(H2,22,23,27). The molecule has 0 heterocycles. The Bertz CT molecular complexity index is 763. The van der Waals surface area contributed by atoms with Gasteiger partial charge in [-0.05, 0) is 69.7 Å². The topological polar surface area (TPSA) is 51.8 Å². The number of hydrogen-bond donors (Lipinski definition) is 2. The van der Waals surface area contributed by atoms with Crippen LogP contribution in [0.25, 0.3) is 0 Å². The normalized spacial score (nSPS) is 10.6. The minimum Gasteiger partial charge on any atom is -0.493 e. The Kier molecular flexibility index (Phi) is 7.73. The fourth-order valence-electron chi connectivity index (χ4n) is 2.45. The van der Waals surface area contributed by atoms with Gasteiger partial charge in [0.05, 0.1) is 19.3 Å². The minimum absolute atomic E-state index is 0.0927. The van der Waals surface area contributed by atoms with Gasteiger partial charge in [0.2, 0.25) is 0 Å². The summed E-state index contributed by atoms with van der Waals surface area (Å²) in [5.74, 6) is 2.25. The lowest BCUT2D eigenvalue weighted by Gasteiger charge is -2.16. The number of hydrogen-bond acceptors (Lipinski definition) is 4. The van der Waals surface area contributed by atoms with Crippen LogP contribution in [0.2, 0.25) is 0 Å². The first-order valence-electron chi connectivity index (χ1n) is 9.02. The molecular formula is C21H28N2O3S. The molecule has 0 unspecified atom stereocenters. The van der Waals surface area contributed by atoms with Crippen molar-refractivity contribution in [2.45, 2.75) is 46.4 Å². The van der Waals surface area contributed by atoms with Gasteiger partial charge in [-0.15, -0.1) is 0 Å². The van der Waals surface area contributed by atoms with Crippen molar-refractivity contribution >= 4 is 23.0 Å². The van der Waals surface area contributed by atoms with Crippen molar-refractivity contribution in [2.24, 2.45) is 0 Å². The summed E-state index contributed by atoms with van der Waals surface area (Å²) in [5, 5.41) is 6.92. The van der Waals surface area contributed by atoms with Gasteiger partial charge in [0.25, 0.3) is 0 Å². The van der Waals surface area contributed by atoms with Gasteiger partial charge in [0, 0.05) is 18.3 Å². The van der Waals surface area contributed by atoms with E-state index in [0.717, 1.165) is 22.7 Å². The largest absolute Gasteiger partial charge is 0.493 e. The Hall–Kier alpha value is -2.47. The van der Waals surface area contributed by atoms with Crippen LogP contribution in [0.5, 0.6) is 17.2 Å². The van der Waals surface area contributed by atoms with Crippen LogP contribution in [0.1, 0.15) is 33.3 Å². The zero-order chi connectivity index (χ0) is 19.8. The van der Waals surface area contributed by atoms with E-state index in [0.29, 0.717) is 17.4 Å². The molecule has 0 atom stereocenters. The molecule has 2 N–H and O–H groups in total. The van der Waals surface area contributed by atoms with Crippen molar-refractivity contribution in [1.29, 1.82) is 0 Å². The van der Waals surface area contributed by atoms with Crippen molar-refractivity contribution in [3.05, 3.63) is 48.0 Å². The molecular weight excluding hydrogens is 360 g/mol. The van der Waals surface area contributed by atoms with E-state index in [2.05, 4.69) is 10.6 Å². The van der Waals surface area contributed by atoms with E-state index in [9.17, 15) is 0 Å². The lowest BCUT2D eigenvalue weighted by atomic mass is 10.2. The summed E-state index contributed by atoms with van der Waals surface area (Å²) in [6.45, 7) is 8.54. The van der Waals surface area contributed by atoms with Gasteiger partial charge in [-0.2, -0.15) is 0 Å². The van der Waals surface area contributed by atoms with Crippen LogP contribution in [-0.2, 0) is 6.54 Å². The van der Waals surface area contributed by atoms with Crippen LogP contribution in [0, 0.1) is 0 Å². The highest BCUT2D eigenvalue weighted by atomic mass is 32.1. The Morgan fingerprint density at radius 2 is 1.70 bits per heavy atom.